The van der Waals surface area contributed by atoms with E-state index in [1.54, 1.807) is 6.08 Å². The Hall–Kier alpha value is -1.28. The summed E-state index contributed by atoms with van der Waals surface area (Å²) in [7, 11) is 1.24. The summed E-state index contributed by atoms with van der Waals surface area (Å²) in [4.78, 5) is 25.2. The molecule has 8 nitrogen and oxygen atoms in total. The summed E-state index contributed by atoms with van der Waals surface area (Å²) in [5, 5.41) is 13.7. The number of phosphoric ester groups is 1. The highest BCUT2D eigenvalue weighted by Gasteiger charge is 2.23. The number of allylic oxidation sites excluding steroid dienone is 5. The molecular formula is C43H83N2O6P. The van der Waals surface area contributed by atoms with Crippen LogP contribution in [0.2, 0.25) is 0 Å². The number of quaternary nitrogens is 1. The molecule has 0 aliphatic heterocycles. The van der Waals surface area contributed by atoms with Gasteiger partial charge in [-0.15, -0.1) is 0 Å². The second kappa shape index (κ2) is 35.4. The Balaban J connectivity index is 4.52. The number of unbranched alkanes of at least 4 members (excludes halogenated alkanes) is 21. The number of aliphatic hydroxyl groups excluding tert-OH is 1. The standard InChI is InChI=1S/C43H83N2O6P/c1-6-8-10-12-14-16-18-20-22-24-26-28-30-32-34-36-42(46)41(40-51-52(48,49)50-39-38-45(3,4)5)44-43(47)37-35-33-31-29-27-25-23-21-19-17-15-13-11-9-7-2/h17,19,26,28,34,36,41-42,46H,6-16,18,20-25,27,29-33,35,37-40H2,1-5H3,(H-,44,47,48,49)/b19-17-,28-26+,36-34+. The third-order valence-corrected chi connectivity index (χ3v) is 10.3. The first-order chi connectivity index (χ1) is 25.0. The number of likely N-dealkylation sites (N-methyl/N-ethyl adjacent to an activating group) is 1. The molecule has 3 unspecified atom stereocenters. The van der Waals surface area contributed by atoms with Crippen molar-refractivity contribution >= 4 is 13.7 Å². The van der Waals surface area contributed by atoms with Crippen molar-refractivity contribution in [1.29, 1.82) is 0 Å². The SMILES string of the molecule is CCCCCC/C=C\CCCCCCCCCC(=O)NC(COP(=O)([O-])OCC[N+](C)(C)C)C(O)/C=C/CC/C=C/CCCCCCCCCCC. The molecule has 0 bridgehead atoms. The van der Waals surface area contributed by atoms with E-state index in [1.807, 2.05) is 27.2 Å². The number of aliphatic hydroxyl groups is 1. The van der Waals surface area contributed by atoms with Gasteiger partial charge in [0.25, 0.3) is 7.82 Å². The zero-order chi connectivity index (χ0) is 38.6. The van der Waals surface area contributed by atoms with Gasteiger partial charge in [-0.3, -0.25) is 9.36 Å². The molecule has 9 heteroatoms. The predicted molar refractivity (Wildman–Crippen MR) is 219 cm³/mol. The predicted octanol–water partition coefficient (Wildman–Crippen LogP) is 10.9. The van der Waals surface area contributed by atoms with Crippen molar-refractivity contribution < 1.29 is 32.9 Å². The van der Waals surface area contributed by atoms with Gasteiger partial charge in [0.05, 0.1) is 39.9 Å². The van der Waals surface area contributed by atoms with Crippen LogP contribution < -0.4 is 10.2 Å². The van der Waals surface area contributed by atoms with Crippen LogP contribution in [0.5, 0.6) is 0 Å². The number of carbonyl (C=O) groups excluding carboxylic acids is 1. The second-order valence-corrected chi connectivity index (χ2v) is 17.1. The van der Waals surface area contributed by atoms with E-state index in [9.17, 15) is 19.4 Å². The Morgan fingerprint density at radius 1 is 0.654 bits per heavy atom. The molecule has 306 valence electrons. The van der Waals surface area contributed by atoms with Crippen molar-refractivity contribution in [2.45, 2.75) is 193 Å². The Morgan fingerprint density at radius 3 is 1.58 bits per heavy atom. The van der Waals surface area contributed by atoms with Crippen LogP contribution in [0, 0.1) is 0 Å². The highest BCUT2D eigenvalue weighted by molar-refractivity contribution is 7.45. The molecule has 2 N–H and O–H groups in total. The second-order valence-electron chi connectivity index (χ2n) is 15.7. The Kier molecular flexibility index (Phi) is 34.6. The van der Waals surface area contributed by atoms with Crippen molar-refractivity contribution in [3.05, 3.63) is 36.5 Å². The fourth-order valence-electron chi connectivity index (χ4n) is 5.87. The first kappa shape index (κ1) is 50.7. The lowest BCUT2D eigenvalue weighted by Crippen LogP contribution is -2.45. The van der Waals surface area contributed by atoms with Gasteiger partial charge < -0.3 is 28.8 Å². The van der Waals surface area contributed by atoms with E-state index in [4.69, 9.17) is 9.05 Å². The van der Waals surface area contributed by atoms with Crippen molar-refractivity contribution in [1.82, 2.24) is 5.32 Å². The average molecular weight is 755 g/mol. The van der Waals surface area contributed by atoms with Crippen molar-refractivity contribution in [2.24, 2.45) is 0 Å². The summed E-state index contributed by atoms with van der Waals surface area (Å²) in [5.41, 5.74) is 0. The number of carbonyl (C=O) groups is 1. The topological polar surface area (TPSA) is 108 Å². The van der Waals surface area contributed by atoms with Crippen LogP contribution >= 0.6 is 7.82 Å². The molecule has 1 amide bonds. The first-order valence-corrected chi connectivity index (χ1v) is 22.8. The minimum Gasteiger partial charge on any atom is -0.756 e. The number of nitrogens with one attached hydrogen (secondary N) is 1. The molecule has 0 aromatic carbocycles. The van der Waals surface area contributed by atoms with Crippen LogP contribution in [0.15, 0.2) is 36.5 Å². The largest absolute Gasteiger partial charge is 0.756 e. The van der Waals surface area contributed by atoms with Gasteiger partial charge in [-0.1, -0.05) is 153 Å². The molecule has 0 aliphatic carbocycles. The fraction of sp³-hybridized carbons (Fsp3) is 0.837. The molecule has 0 aromatic heterocycles. The molecule has 52 heavy (non-hydrogen) atoms. The van der Waals surface area contributed by atoms with E-state index in [0.717, 1.165) is 38.5 Å². The number of hydrogen-bond acceptors (Lipinski definition) is 6. The summed E-state index contributed by atoms with van der Waals surface area (Å²) >= 11 is 0. The van der Waals surface area contributed by atoms with E-state index in [1.165, 1.54) is 122 Å². The van der Waals surface area contributed by atoms with Crippen molar-refractivity contribution in [3.63, 3.8) is 0 Å². The van der Waals surface area contributed by atoms with Gasteiger partial charge in [0.2, 0.25) is 5.91 Å². The average Bonchev–Trinajstić information content (AvgIpc) is 3.09. The quantitative estimate of drug-likeness (QED) is 0.0281. The maximum Gasteiger partial charge on any atom is 0.268 e. The van der Waals surface area contributed by atoms with E-state index in [-0.39, 0.29) is 12.5 Å². The molecule has 0 saturated carbocycles. The summed E-state index contributed by atoms with van der Waals surface area (Å²) < 4.78 is 23.1. The van der Waals surface area contributed by atoms with Crippen molar-refractivity contribution in [2.75, 3.05) is 40.9 Å². The minimum absolute atomic E-state index is 0.00730. The monoisotopic (exact) mass is 755 g/mol. The lowest BCUT2D eigenvalue weighted by Gasteiger charge is -2.29. The smallest absolute Gasteiger partial charge is 0.268 e. The van der Waals surface area contributed by atoms with Crippen molar-refractivity contribution in [3.8, 4) is 0 Å². The summed E-state index contributed by atoms with van der Waals surface area (Å²) in [6.07, 6.45) is 41.8. The highest BCUT2D eigenvalue weighted by atomic mass is 31.2. The van der Waals surface area contributed by atoms with E-state index in [2.05, 4.69) is 43.5 Å². The number of amides is 1. The molecule has 3 atom stereocenters. The molecule has 0 saturated heterocycles. The van der Waals surface area contributed by atoms with Gasteiger partial charge in [0, 0.05) is 6.42 Å². The first-order valence-electron chi connectivity index (χ1n) is 21.4. The van der Waals surface area contributed by atoms with Crippen LogP contribution in [0.25, 0.3) is 0 Å². The minimum atomic E-state index is -4.59. The lowest BCUT2D eigenvalue weighted by atomic mass is 10.1. The molecule has 0 spiro atoms. The molecule has 0 radical (unpaired) electrons. The van der Waals surface area contributed by atoms with Gasteiger partial charge >= 0.3 is 0 Å². The summed E-state index contributed by atoms with van der Waals surface area (Å²) in [6, 6.07) is -0.902. The molecule has 0 fully saturated rings. The van der Waals surface area contributed by atoms with Crippen LogP contribution in [0.1, 0.15) is 181 Å². The normalized spacial score (nSPS) is 14.8. The molecule has 0 aromatic rings. The van der Waals surface area contributed by atoms with Gasteiger partial charge in [0.15, 0.2) is 0 Å². The zero-order valence-electron chi connectivity index (χ0n) is 34.5. The van der Waals surface area contributed by atoms with E-state index in [0.29, 0.717) is 17.4 Å². The van der Waals surface area contributed by atoms with E-state index < -0.39 is 26.6 Å². The maximum atomic E-state index is 12.8. The number of hydrogen-bond donors (Lipinski definition) is 2. The number of rotatable bonds is 38. The van der Waals surface area contributed by atoms with Crippen LogP contribution in [-0.2, 0) is 18.4 Å². The molecule has 0 heterocycles. The molecule has 0 rings (SSSR count). The Bertz CT molecular complexity index is 948. The van der Waals surface area contributed by atoms with Gasteiger partial charge in [-0.2, -0.15) is 0 Å². The molecular weight excluding hydrogens is 671 g/mol. The zero-order valence-corrected chi connectivity index (χ0v) is 35.4. The van der Waals surface area contributed by atoms with Crippen LogP contribution in [-0.4, -0.2) is 68.5 Å². The number of phosphoric acid groups is 1. The highest BCUT2D eigenvalue weighted by Crippen LogP contribution is 2.38. The van der Waals surface area contributed by atoms with Gasteiger partial charge in [-0.25, -0.2) is 0 Å². The summed E-state index contributed by atoms with van der Waals surface area (Å²) in [5.74, 6) is -0.214. The third kappa shape index (κ3) is 37.1. The Labute approximate surface area is 321 Å². The van der Waals surface area contributed by atoms with E-state index >= 15 is 0 Å². The summed E-state index contributed by atoms with van der Waals surface area (Å²) in [6.45, 7) is 4.59. The van der Waals surface area contributed by atoms with Gasteiger partial charge in [0.1, 0.15) is 13.2 Å². The van der Waals surface area contributed by atoms with Gasteiger partial charge in [-0.05, 0) is 57.8 Å². The van der Waals surface area contributed by atoms with Crippen LogP contribution in [0.3, 0.4) is 0 Å². The third-order valence-electron chi connectivity index (χ3n) is 9.32. The fourth-order valence-corrected chi connectivity index (χ4v) is 6.59. The van der Waals surface area contributed by atoms with Crippen LogP contribution in [0.4, 0.5) is 0 Å². The lowest BCUT2D eigenvalue weighted by molar-refractivity contribution is -0.870. The Morgan fingerprint density at radius 2 is 1.08 bits per heavy atom. The maximum absolute atomic E-state index is 12.8. The number of nitrogens with zero attached hydrogens (tertiary/aromatic N) is 1. The molecule has 0 aliphatic rings.